The van der Waals surface area contributed by atoms with Gasteiger partial charge in [0, 0.05) is 5.75 Å². The second-order valence-corrected chi connectivity index (χ2v) is 7.00. The molecule has 0 amide bonds. The van der Waals surface area contributed by atoms with Crippen molar-refractivity contribution in [1.82, 2.24) is 0 Å². The molecule has 1 spiro atoms. The summed E-state index contributed by atoms with van der Waals surface area (Å²) in [5.74, 6) is 0.327. The van der Waals surface area contributed by atoms with Gasteiger partial charge < -0.3 is 14.6 Å². The van der Waals surface area contributed by atoms with Gasteiger partial charge in [-0.05, 0) is 37.8 Å². The number of aromatic hydroxyl groups is 1. The van der Waals surface area contributed by atoms with E-state index in [1.165, 1.54) is 25.3 Å². The molecule has 1 aromatic rings. The summed E-state index contributed by atoms with van der Waals surface area (Å²) < 4.78 is 11.4. The Balaban J connectivity index is 1.52. The molecule has 2 fully saturated rings. The van der Waals surface area contributed by atoms with Crippen molar-refractivity contribution in [1.29, 1.82) is 0 Å². The van der Waals surface area contributed by atoms with Crippen LogP contribution in [0.5, 0.6) is 5.75 Å². The normalized spacial score (nSPS) is 24.1. The van der Waals surface area contributed by atoms with Gasteiger partial charge in [0.25, 0.3) is 0 Å². The summed E-state index contributed by atoms with van der Waals surface area (Å²) in [5.41, 5.74) is 0.204. The van der Waals surface area contributed by atoms with Gasteiger partial charge in [-0.15, -0.1) is 11.8 Å². The van der Waals surface area contributed by atoms with Crippen LogP contribution in [0.3, 0.4) is 0 Å². The summed E-state index contributed by atoms with van der Waals surface area (Å²) >= 11 is 1.86. The summed E-state index contributed by atoms with van der Waals surface area (Å²) in [6, 6.07) is 6.42. The van der Waals surface area contributed by atoms with Crippen molar-refractivity contribution in [3.8, 4) is 5.75 Å². The molecule has 1 unspecified atom stereocenters. The number of phenolic OH excluding ortho intramolecular Hbond substituents is 1. The molecular weight excluding hydrogens is 288 g/mol. The number of ether oxygens (including phenoxy) is 2. The van der Waals surface area contributed by atoms with Gasteiger partial charge in [0.05, 0.1) is 0 Å². The van der Waals surface area contributed by atoms with Crippen molar-refractivity contribution in [2.24, 2.45) is 0 Å². The molecule has 3 rings (SSSR count). The molecule has 0 bridgehead atoms. The smallest absolute Gasteiger partial charge is 0.342 e. The van der Waals surface area contributed by atoms with Crippen LogP contribution < -0.4 is 0 Å². The number of hydrogen-bond acceptors (Lipinski definition) is 5. The zero-order chi connectivity index (χ0) is 14.7. The van der Waals surface area contributed by atoms with E-state index in [0.29, 0.717) is 0 Å². The van der Waals surface area contributed by atoms with Crippen LogP contribution in [-0.2, 0) is 9.47 Å². The monoisotopic (exact) mass is 308 g/mol. The van der Waals surface area contributed by atoms with E-state index < -0.39 is 5.97 Å². The minimum atomic E-state index is -0.494. The number of esters is 1. The van der Waals surface area contributed by atoms with Crippen LogP contribution in [0.2, 0.25) is 0 Å². The molecule has 5 heteroatoms. The van der Waals surface area contributed by atoms with Gasteiger partial charge in [-0.3, -0.25) is 0 Å². The second-order valence-electron chi connectivity index (χ2n) is 5.64. The number of para-hydroxylation sites is 1. The molecule has 1 saturated carbocycles. The standard InChI is InChI=1S/C16H20O4S/c17-14-7-3-2-6-13(14)15(18)19-10-12-11-21-16(20-12)8-4-1-5-9-16/h2-3,6-7,12,17H,1,4-5,8-11H2. The summed E-state index contributed by atoms with van der Waals surface area (Å²) in [4.78, 5) is 11.9. The van der Waals surface area contributed by atoms with Crippen molar-refractivity contribution < 1.29 is 19.4 Å². The number of carbonyl (C=O) groups is 1. The highest BCUT2D eigenvalue weighted by molar-refractivity contribution is 8.00. The largest absolute Gasteiger partial charge is 0.507 e. The third kappa shape index (κ3) is 3.35. The Morgan fingerprint density at radius 2 is 2.10 bits per heavy atom. The van der Waals surface area contributed by atoms with E-state index in [-0.39, 0.29) is 29.0 Å². The van der Waals surface area contributed by atoms with Gasteiger partial charge in [0.15, 0.2) is 0 Å². The molecule has 1 heterocycles. The predicted molar refractivity (Wildman–Crippen MR) is 81.5 cm³/mol. The number of hydrogen-bond donors (Lipinski definition) is 1. The Morgan fingerprint density at radius 1 is 1.33 bits per heavy atom. The lowest BCUT2D eigenvalue weighted by molar-refractivity contribution is -0.0541. The first-order valence-electron chi connectivity index (χ1n) is 7.45. The minimum absolute atomic E-state index is 0.0375. The lowest BCUT2D eigenvalue weighted by Gasteiger charge is -2.32. The summed E-state index contributed by atoms with van der Waals surface area (Å²) in [6.45, 7) is 0.252. The molecular formula is C16H20O4S. The van der Waals surface area contributed by atoms with Crippen LogP contribution in [-0.4, -0.2) is 34.5 Å². The quantitative estimate of drug-likeness (QED) is 0.868. The highest BCUT2D eigenvalue weighted by Gasteiger charge is 2.42. The predicted octanol–water partition coefficient (Wildman–Crippen LogP) is 3.34. The first-order valence-corrected chi connectivity index (χ1v) is 8.44. The van der Waals surface area contributed by atoms with Crippen LogP contribution >= 0.6 is 11.8 Å². The first-order chi connectivity index (χ1) is 10.2. The van der Waals surface area contributed by atoms with Gasteiger partial charge in [-0.1, -0.05) is 18.6 Å². The lowest BCUT2D eigenvalue weighted by atomic mass is 9.97. The van der Waals surface area contributed by atoms with Crippen LogP contribution in [0.25, 0.3) is 0 Å². The summed E-state index contributed by atoms with van der Waals surface area (Å²) in [7, 11) is 0. The number of phenols is 1. The second kappa shape index (κ2) is 6.28. The van der Waals surface area contributed by atoms with Crippen LogP contribution in [0.15, 0.2) is 24.3 Å². The molecule has 114 valence electrons. The van der Waals surface area contributed by atoms with E-state index in [4.69, 9.17) is 9.47 Å². The van der Waals surface area contributed by atoms with E-state index >= 15 is 0 Å². The highest BCUT2D eigenvalue weighted by Crippen LogP contribution is 2.46. The van der Waals surface area contributed by atoms with E-state index in [2.05, 4.69) is 0 Å². The van der Waals surface area contributed by atoms with Gasteiger partial charge >= 0.3 is 5.97 Å². The molecule has 1 N–H and O–H groups in total. The van der Waals surface area contributed by atoms with E-state index in [1.807, 2.05) is 11.8 Å². The third-order valence-corrected chi connectivity index (χ3v) is 5.62. The summed E-state index contributed by atoms with van der Waals surface area (Å²) in [5, 5.41) is 9.64. The topological polar surface area (TPSA) is 55.8 Å². The zero-order valence-electron chi connectivity index (χ0n) is 11.9. The third-order valence-electron chi connectivity index (χ3n) is 4.05. The fourth-order valence-corrected chi connectivity index (χ4v) is 4.38. The van der Waals surface area contributed by atoms with Crippen molar-refractivity contribution in [3.63, 3.8) is 0 Å². The summed E-state index contributed by atoms with van der Waals surface area (Å²) in [6.07, 6.45) is 5.89. The number of benzene rings is 1. The van der Waals surface area contributed by atoms with Crippen LogP contribution in [0, 0.1) is 0 Å². The Hall–Kier alpha value is -1.20. The average Bonchev–Trinajstić information content (AvgIpc) is 2.89. The molecule has 1 aliphatic heterocycles. The Morgan fingerprint density at radius 3 is 2.86 bits per heavy atom. The Kier molecular flexibility index (Phi) is 4.40. The molecule has 0 aromatic heterocycles. The maximum Gasteiger partial charge on any atom is 0.342 e. The Bertz CT molecular complexity index is 511. The van der Waals surface area contributed by atoms with Crippen molar-refractivity contribution in [2.45, 2.75) is 43.1 Å². The molecule has 0 radical (unpaired) electrons. The highest BCUT2D eigenvalue weighted by atomic mass is 32.2. The molecule has 1 aromatic carbocycles. The SMILES string of the molecule is O=C(OCC1CSC2(CCCCC2)O1)c1ccccc1O. The van der Waals surface area contributed by atoms with Crippen molar-refractivity contribution in [3.05, 3.63) is 29.8 Å². The molecule has 4 nitrogen and oxygen atoms in total. The molecule has 1 aliphatic carbocycles. The fraction of sp³-hybridized carbons (Fsp3) is 0.562. The molecule has 21 heavy (non-hydrogen) atoms. The van der Waals surface area contributed by atoms with Crippen LogP contribution in [0.4, 0.5) is 0 Å². The average molecular weight is 308 g/mol. The zero-order valence-corrected chi connectivity index (χ0v) is 12.7. The first kappa shape index (κ1) is 14.7. The fourth-order valence-electron chi connectivity index (χ4n) is 2.94. The lowest BCUT2D eigenvalue weighted by Crippen LogP contribution is -2.31. The van der Waals surface area contributed by atoms with Gasteiger partial charge in [-0.25, -0.2) is 4.79 Å². The molecule has 1 atom stereocenters. The number of carbonyl (C=O) groups excluding carboxylic acids is 1. The Labute approximate surface area is 128 Å². The maximum atomic E-state index is 11.9. The molecule has 2 aliphatic rings. The van der Waals surface area contributed by atoms with Crippen molar-refractivity contribution in [2.75, 3.05) is 12.4 Å². The molecule has 1 saturated heterocycles. The van der Waals surface area contributed by atoms with Gasteiger partial charge in [0.1, 0.15) is 29.0 Å². The van der Waals surface area contributed by atoms with Gasteiger partial charge in [-0.2, -0.15) is 0 Å². The van der Waals surface area contributed by atoms with E-state index in [0.717, 1.165) is 18.6 Å². The van der Waals surface area contributed by atoms with Crippen molar-refractivity contribution >= 4 is 17.7 Å². The van der Waals surface area contributed by atoms with E-state index in [9.17, 15) is 9.90 Å². The minimum Gasteiger partial charge on any atom is -0.507 e. The number of thioether (sulfide) groups is 1. The van der Waals surface area contributed by atoms with Gasteiger partial charge in [0.2, 0.25) is 0 Å². The van der Waals surface area contributed by atoms with Crippen LogP contribution in [0.1, 0.15) is 42.5 Å². The van der Waals surface area contributed by atoms with E-state index in [1.54, 1.807) is 18.2 Å². The maximum absolute atomic E-state index is 11.9. The number of rotatable bonds is 3.